The molecule has 0 aliphatic carbocycles. The van der Waals surface area contributed by atoms with Gasteiger partial charge in [0, 0.05) is 18.5 Å². The van der Waals surface area contributed by atoms with Gasteiger partial charge in [0.2, 0.25) is 5.91 Å². The van der Waals surface area contributed by atoms with E-state index in [1.165, 1.54) is 0 Å². The summed E-state index contributed by atoms with van der Waals surface area (Å²) in [7, 11) is -3.52. The predicted molar refractivity (Wildman–Crippen MR) is 91.7 cm³/mol. The van der Waals surface area contributed by atoms with Crippen molar-refractivity contribution >= 4 is 16.0 Å². The number of amides is 1. The Morgan fingerprint density at radius 3 is 2.17 bits per heavy atom. The second-order valence-corrected chi connectivity index (χ2v) is 8.34. The van der Waals surface area contributed by atoms with Crippen molar-refractivity contribution in [1.29, 1.82) is 0 Å². The lowest BCUT2D eigenvalue weighted by atomic mass is 9.94. The Kier molecular flexibility index (Phi) is 6.62. The second-order valence-electron chi connectivity index (χ2n) is 6.76. The van der Waals surface area contributed by atoms with Crippen LogP contribution in [0, 0.1) is 5.41 Å². The van der Waals surface area contributed by atoms with Crippen LogP contribution in [0.3, 0.4) is 0 Å². The Bertz CT molecular complexity index is 615. The van der Waals surface area contributed by atoms with Crippen LogP contribution in [0.15, 0.2) is 24.3 Å². The van der Waals surface area contributed by atoms with Gasteiger partial charge in [-0.2, -0.15) is 8.42 Å². The van der Waals surface area contributed by atoms with E-state index in [1.807, 2.05) is 25.7 Å². The average molecular weight is 341 g/mol. The summed E-state index contributed by atoms with van der Waals surface area (Å²) in [5, 5.41) is 0. The van der Waals surface area contributed by atoms with Gasteiger partial charge in [0.15, 0.2) is 0 Å². The summed E-state index contributed by atoms with van der Waals surface area (Å²) in [4.78, 5) is 14.4. The number of rotatable bonds is 7. The lowest BCUT2D eigenvalue weighted by molar-refractivity contribution is -0.140. The van der Waals surface area contributed by atoms with Gasteiger partial charge in [-0.25, -0.2) is 0 Å². The van der Waals surface area contributed by atoms with Gasteiger partial charge in [-0.3, -0.25) is 4.79 Å². The van der Waals surface area contributed by atoms with Crippen LogP contribution in [-0.4, -0.2) is 32.0 Å². The number of carbonyl (C=O) groups excluding carboxylic acids is 1. The molecule has 0 fully saturated rings. The van der Waals surface area contributed by atoms with Gasteiger partial charge in [0.05, 0.1) is 6.26 Å². The minimum atomic E-state index is -3.52. The fourth-order valence-corrected chi connectivity index (χ4v) is 2.58. The highest BCUT2D eigenvalue weighted by Gasteiger charge is 2.26. The first kappa shape index (κ1) is 19.5. The quantitative estimate of drug-likeness (QED) is 0.715. The van der Waals surface area contributed by atoms with Gasteiger partial charge >= 0.3 is 10.1 Å². The van der Waals surface area contributed by atoms with Gasteiger partial charge in [-0.1, -0.05) is 46.2 Å². The Hall–Kier alpha value is -1.56. The summed E-state index contributed by atoms with van der Waals surface area (Å²) in [6, 6.07) is 6.79. The number of nitrogens with zero attached hydrogens (tertiary/aromatic N) is 1. The van der Waals surface area contributed by atoms with Gasteiger partial charge in [0.1, 0.15) is 5.75 Å². The molecule has 0 spiro atoms. The summed E-state index contributed by atoms with van der Waals surface area (Å²) < 4.78 is 27.0. The van der Waals surface area contributed by atoms with Crippen molar-refractivity contribution < 1.29 is 17.4 Å². The van der Waals surface area contributed by atoms with Crippen molar-refractivity contribution in [2.75, 3.05) is 12.8 Å². The van der Waals surface area contributed by atoms with Crippen LogP contribution < -0.4 is 4.18 Å². The highest BCUT2D eigenvalue weighted by atomic mass is 32.2. The van der Waals surface area contributed by atoms with Crippen molar-refractivity contribution in [2.45, 2.75) is 47.1 Å². The van der Waals surface area contributed by atoms with E-state index in [2.05, 4.69) is 6.92 Å². The molecule has 0 heterocycles. The van der Waals surface area contributed by atoms with E-state index < -0.39 is 15.5 Å². The summed E-state index contributed by atoms with van der Waals surface area (Å²) in [5.41, 5.74) is 0.521. The molecule has 5 nitrogen and oxygen atoms in total. The van der Waals surface area contributed by atoms with Crippen molar-refractivity contribution in [3.8, 4) is 5.75 Å². The SMILES string of the molecule is CCCCN(Cc1ccc(OS(C)(=O)=O)cc1)C(=O)C(C)(C)C. The Labute approximate surface area is 139 Å². The molecule has 23 heavy (non-hydrogen) atoms. The third-order valence-electron chi connectivity index (χ3n) is 3.25. The van der Waals surface area contributed by atoms with Gasteiger partial charge in [-0.05, 0) is 24.1 Å². The number of unbranched alkanes of at least 4 members (excludes halogenated alkanes) is 1. The molecule has 0 radical (unpaired) electrons. The zero-order valence-electron chi connectivity index (χ0n) is 14.6. The first-order chi connectivity index (χ1) is 10.5. The molecule has 0 atom stereocenters. The van der Waals surface area contributed by atoms with Gasteiger partial charge < -0.3 is 9.08 Å². The zero-order chi connectivity index (χ0) is 17.7. The molecule has 1 rings (SSSR count). The van der Waals surface area contributed by atoms with Crippen LogP contribution in [0.25, 0.3) is 0 Å². The summed E-state index contributed by atoms with van der Waals surface area (Å²) >= 11 is 0. The van der Waals surface area contributed by atoms with E-state index >= 15 is 0 Å². The molecular formula is C17H27NO4S. The maximum Gasteiger partial charge on any atom is 0.306 e. The maximum absolute atomic E-state index is 12.6. The third-order valence-corrected chi connectivity index (χ3v) is 3.75. The molecule has 0 aliphatic rings. The topological polar surface area (TPSA) is 63.7 Å². The van der Waals surface area contributed by atoms with Gasteiger partial charge in [-0.15, -0.1) is 0 Å². The molecule has 0 bridgehead atoms. The molecule has 1 aromatic carbocycles. The van der Waals surface area contributed by atoms with E-state index in [0.29, 0.717) is 13.1 Å². The molecule has 0 saturated heterocycles. The molecule has 130 valence electrons. The van der Waals surface area contributed by atoms with Gasteiger partial charge in [0.25, 0.3) is 0 Å². The Morgan fingerprint density at radius 1 is 1.17 bits per heavy atom. The van der Waals surface area contributed by atoms with E-state index in [9.17, 15) is 13.2 Å². The number of benzene rings is 1. The van der Waals surface area contributed by atoms with E-state index in [1.54, 1.807) is 24.3 Å². The van der Waals surface area contributed by atoms with Crippen LogP contribution in [0.2, 0.25) is 0 Å². The molecule has 1 amide bonds. The van der Waals surface area contributed by atoms with E-state index in [-0.39, 0.29) is 11.7 Å². The Balaban J connectivity index is 2.85. The number of carbonyl (C=O) groups is 1. The zero-order valence-corrected chi connectivity index (χ0v) is 15.4. The molecule has 0 aromatic heterocycles. The Morgan fingerprint density at radius 2 is 1.74 bits per heavy atom. The minimum Gasteiger partial charge on any atom is -0.383 e. The molecular weight excluding hydrogens is 314 g/mol. The van der Waals surface area contributed by atoms with Crippen LogP contribution in [-0.2, 0) is 21.5 Å². The molecule has 6 heteroatoms. The summed E-state index contributed by atoms with van der Waals surface area (Å²) in [5.74, 6) is 0.390. The smallest absolute Gasteiger partial charge is 0.306 e. The fourth-order valence-electron chi connectivity index (χ4n) is 2.12. The van der Waals surface area contributed by atoms with Crippen molar-refractivity contribution in [3.05, 3.63) is 29.8 Å². The summed E-state index contributed by atoms with van der Waals surface area (Å²) in [6.07, 6.45) is 2.99. The minimum absolute atomic E-state index is 0.113. The van der Waals surface area contributed by atoms with Crippen LogP contribution in [0.4, 0.5) is 0 Å². The van der Waals surface area contributed by atoms with Crippen LogP contribution >= 0.6 is 0 Å². The second kappa shape index (κ2) is 7.81. The van der Waals surface area contributed by atoms with Crippen LogP contribution in [0.1, 0.15) is 46.1 Å². The first-order valence-corrected chi connectivity index (χ1v) is 9.62. The molecule has 0 aliphatic heterocycles. The van der Waals surface area contributed by atoms with Crippen LogP contribution in [0.5, 0.6) is 5.75 Å². The monoisotopic (exact) mass is 341 g/mol. The molecule has 1 aromatic rings. The largest absolute Gasteiger partial charge is 0.383 e. The van der Waals surface area contributed by atoms with Crippen molar-refractivity contribution in [2.24, 2.45) is 5.41 Å². The maximum atomic E-state index is 12.6. The molecule has 0 N–H and O–H groups in total. The number of hydrogen-bond donors (Lipinski definition) is 0. The normalized spacial score (nSPS) is 12.0. The van der Waals surface area contributed by atoms with E-state index in [4.69, 9.17) is 4.18 Å². The van der Waals surface area contributed by atoms with E-state index in [0.717, 1.165) is 24.7 Å². The predicted octanol–water partition coefficient (Wildman–Crippen LogP) is 3.20. The average Bonchev–Trinajstić information content (AvgIpc) is 2.42. The lowest BCUT2D eigenvalue weighted by Gasteiger charge is -2.29. The number of hydrogen-bond acceptors (Lipinski definition) is 4. The third kappa shape index (κ3) is 7.03. The lowest BCUT2D eigenvalue weighted by Crippen LogP contribution is -2.39. The van der Waals surface area contributed by atoms with Crippen molar-refractivity contribution in [3.63, 3.8) is 0 Å². The first-order valence-electron chi connectivity index (χ1n) is 7.80. The van der Waals surface area contributed by atoms with Crippen molar-refractivity contribution in [1.82, 2.24) is 4.90 Å². The highest BCUT2D eigenvalue weighted by Crippen LogP contribution is 2.21. The molecule has 0 unspecified atom stereocenters. The highest BCUT2D eigenvalue weighted by molar-refractivity contribution is 7.86. The molecule has 0 saturated carbocycles. The fraction of sp³-hybridized carbons (Fsp3) is 0.588. The standard InChI is InChI=1S/C17H27NO4S/c1-6-7-12-18(16(19)17(2,3)4)13-14-8-10-15(11-9-14)22-23(5,20)21/h8-11H,6-7,12-13H2,1-5H3. The summed E-state index contributed by atoms with van der Waals surface area (Å²) in [6.45, 7) is 9.06.